The molecule has 0 radical (unpaired) electrons. The minimum Gasteiger partial charge on any atom is -0.375 e. The fraction of sp³-hybridized carbons (Fsp3) is 0.241. The minimum absolute atomic E-state index is 0.00434. The van der Waals surface area contributed by atoms with Crippen LogP contribution in [0.15, 0.2) is 79.3 Å². The lowest BCUT2D eigenvalue weighted by molar-refractivity contribution is -0.119. The van der Waals surface area contributed by atoms with E-state index in [0.717, 1.165) is 34.9 Å². The molecule has 1 aliphatic heterocycles. The van der Waals surface area contributed by atoms with Crippen LogP contribution in [0, 0.1) is 13.8 Å². The van der Waals surface area contributed by atoms with Crippen LogP contribution in [0.25, 0.3) is 0 Å². The average molecular weight is 527 g/mol. The fourth-order valence-corrected chi connectivity index (χ4v) is 5.37. The van der Waals surface area contributed by atoms with Crippen LogP contribution >= 0.6 is 12.2 Å². The molecule has 8 nitrogen and oxygen atoms in total. The third kappa shape index (κ3) is 5.16. The highest BCUT2D eigenvalue weighted by molar-refractivity contribution is 7.80. The number of nitrogens with one attached hydrogen (secondary N) is 2. The van der Waals surface area contributed by atoms with Gasteiger partial charge in [0.15, 0.2) is 5.11 Å². The monoisotopic (exact) mass is 526 g/mol. The number of thiocarbonyl (C=S) groups is 1. The summed E-state index contributed by atoms with van der Waals surface area (Å²) in [4.78, 5) is 23.0. The summed E-state index contributed by atoms with van der Waals surface area (Å²) in [5.74, 6) is -0.201. The van der Waals surface area contributed by atoms with E-state index in [2.05, 4.69) is 56.0 Å². The Bertz CT molecular complexity index is 1420. The lowest BCUT2D eigenvalue weighted by Gasteiger charge is -2.28. The minimum atomic E-state index is -0.201. The van der Waals surface area contributed by atoms with Crippen molar-refractivity contribution >= 4 is 34.6 Å². The molecule has 3 aromatic heterocycles. The number of aromatic nitrogens is 3. The molecular formula is C29H30N6O2S. The van der Waals surface area contributed by atoms with Gasteiger partial charge in [-0.3, -0.25) is 14.8 Å². The molecule has 9 heteroatoms. The molecule has 1 amide bonds. The van der Waals surface area contributed by atoms with Crippen LogP contribution < -0.4 is 15.5 Å². The van der Waals surface area contributed by atoms with Crippen LogP contribution in [-0.4, -0.2) is 39.3 Å². The molecule has 0 saturated carbocycles. The van der Waals surface area contributed by atoms with Gasteiger partial charge in [-0.05, 0) is 85.7 Å². The van der Waals surface area contributed by atoms with Gasteiger partial charge in [-0.1, -0.05) is 12.1 Å². The second-order valence-corrected chi connectivity index (χ2v) is 9.69. The molecule has 2 N–H and O–H groups in total. The van der Waals surface area contributed by atoms with E-state index in [4.69, 9.17) is 17.0 Å². The Hall–Kier alpha value is -4.08. The first-order valence-corrected chi connectivity index (χ1v) is 12.8. The number of ether oxygens (including phenoxy) is 1. The third-order valence-electron chi connectivity index (χ3n) is 6.80. The van der Waals surface area contributed by atoms with Crippen LogP contribution in [0.5, 0.6) is 0 Å². The molecule has 2 atom stereocenters. The van der Waals surface area contributed by atoms with Gasteiger partial charge in [0.05, 0.1) is 17.8 Å². The standard InChI is InChI=1S/C29H30N6O2S/c1-19-15-24(20(2)34(19)17-21-7-6-13-30-16-21)28-27(25-8-4-5-14-31-25)33-29(38)35(28)23-11-9-22(10-12-23)32-26(36)18-37-3/h4-16,27-28H,17-18H2,1-3H3,(H,32,36)(H,33,38). The normalized spacial score (nSPS) is 16.9. The highest BCUT2D eigenvalue weighted by Gasteiger charge is 2.42. The van der Waals surface area contributed by atoms with E-state index in [1.54, 1.807) is 6.20 Å². The molecule has 4 aromatic rings. The van der Waals surface area contributed by atoms with E-state index in [9.17, 15) is 4.79 Å². The van der Waals surface area contributed by atoms with E-state index in [1.165, 1.54) is 12.7 Å². The number of carbonyl (C=O) groups is 1. The van der Waals surface area contributed by atoms with Gasteiger partial charge < -0.3 is 24.8 Å². The van der Waals surface area contributed by atoms with Crippen molar-refractivity contribution < 1.29 is 9.53 Å². The molecule has 0 aliphatic carbocycles. The van der Waals surface area contributed by atoms with E-state index < -0.39 is 0 Å². The first-order chi connectivity index (χ1) is 18.5. The predicted molar refractivity (Wildman–Crippen MR) is 152 cm³/mol. The highest BCUT2D eigenvalue weighted by atomic mass is 32.1. The summed E-state index contributed by atoms with van der Waals surface area (Å²) < 4.78 is 7.23. The van der Waals surface area contributed by atoms with Crippen molar-refractivity contribution in [3.63, 3.8) is 0 Å². The Morgan fingerprint density at radius 3 is 2.61 bits per heavy atom. The number of pyridine rings is 2. The summed E-state index contributed by atoms with van der Waals surface area (Å²) in [6.07, 6.45) is 5.50. The summed E-state index contributed by atoms with van der Waals surface area (Å²) in [6.45, 7) is 5.03. The Morgan fingerprint density at radius 1 is 1.11 bits per heavy atom. The number of hydrogen-bond acceptors (Lipinski definition) is 5. The Labute approximate surface area is 227 Å². The summed E-state index contributed by atoms with van der Waals surface area (Å²) >= 11 is 5.89. The first kappa shape index (κ1) is 25.6. The average Bonchev–Trinajstić information content (AvgIpc) is 3.41. The number of rotatable bonds is 8. The number of amides is 1. The number of nitrogens with zero attached hydrogens (tertiary/aromatic N) is 4. The molecule has 38 heavy (non-hydrogen) atoms. The third-order valence-corrected chi connectivity index (χ3v) is 7.11. The molecule has 1 fully saturated rings. The van der Waals surface area contributed by atoms with E-state index in [1.807, 2.05) is 60.9 Å². The van der Waals surface area contributed by atoms with E-state index in [-0.39, 0.29) is 24.6 Å². The number of methoxy groups -OCH3 is 1. The number of hydrogen-bond donors (Lipinski definition) is 2. The van der Waals surface area contributed by atoms with Crippen LogP contribution in [0.1, 0.15) is 40.3 Å². The SMILES string of the molecule is COCC(=O)Nc1ccc(N2C(=S)NC(c3ccccn3)C2c2cc(C)n(Cc3cccnc3)c2C)cc1. The number of carbonyl (C=O) groups excluding carboxylic acids is 1. The maximum absolute atomic E-state index is 12.0. The lowest BCUT2D eigenvalue weighted by Crippen LogP contribution is -2.29. The van der Waals surface area contributed by atoms with Crippen LogP contribution in [-0.2, 0) is 16.1 Å². The van der Waals surface area contributed by atoms with Gasteiger partial charge in [0, 0.05) is 55.0 Å². The molecule has 0 spiro atoms. The highest BCUT2D eigenvalue weighted by Crippen LogP contribution is 2.43. The maximum Gasteiger partial charge on any atom is 0.250 e. The zero-order chi connectivity index (χ0) is 26.6. The Balaban J connectivity index is 1.54. The Morgan fingerprint density at radius 2 is 1.92 bits per heavy atom. The fourth-order valence-electron chi connectivity index (χ4n) is 5.03. The molecule has 5 rings (SSSR count). The number of benzene rings is 1. The number of anilines is 2. The summed E-state index contributed by atoms with van der Waals surface area (Å²) in [5.41, 5.74) is 7.18. The van der Waals surface area contributed by atoms with E-state index in [0.29, 0.717) is 10.8 Å². The molecule has 1 saturated heterocycles. The molecular weight excluding hydrogens is 496 g/mol. The molecule has 1 aliphatic rings. The van der Waals surface area contributed by atoms with Crippen molar-refractivity contribution in [3.05, 3.63) is 107 Å². The second kappa shape index (κ2) is 11.1. The van der Waals surface area contributed by atoms with Crippen LogP contribution in [0.3, 0.4) is 0 Å². The largest absolute Gasteiger partial charge is 0.375 e. The van der Waals surface area contributed by atoms with Crippen molar-refractivity contribution in [1.82, 2.24) is 19.9 Å². The van der Waals surface area contributed by atoms with Crippen LogP contribution in [0.4, 0.5) is 11.4 Å². The van der Waals surface area contributed by atoms with Gasteiger partial charge in [0.25, 0.3) is 0 Å². The van der Waals surface area contributed by atoms with Crippen molar-refractivity contribution in [2.24, 2.45) is 0 Å². The van der Waals surface area contributed by atoms with Gasteiger partial charge in [-0.2, -0.15) is 0 Å². The van der Waals surface area contributed by atoms with Crippen molar-refractivity contribution in [3.8, 4) is 0 Å². The summed E-state index contributed by atoms with van der Waals surface area (Å²) in [6, 6.07) is 19.7. The van der Waals surface area contributed by atoms with E-state index >= 15 is 0 Å². The van der Waals surface area contributed by atoms with Gasteiger partial charge in [-0.25, -0.2) is 0 Å². The van der Waals surface area contributed by atoms with Crippen LogP contribution in [0.2, 0.25) is 0 Å². The van der Waals surface area contributed by atoms with Gasteiger partial charge in [0.1, 0.15) is 6.61 Å². The molecule has 1 aromatic carbocycles. The van der Waals surface area contributed by atoms with Crippen molar-refractivity contribution in [2.75, 3.05) is 23.9 Å². The maximum atomic E-state index is 12.0. The predicted octanol–water partition coefficient (Wildman–Crippen LogP) is 4.71. The second-order valence-electron chi connectivity index (χ2n) is 9.30. The topological polar surface area (TPSA) is 84.3 Å². The quantitative estimate of drug-likeness (QED) is 0.322. The Kier molecular flexibility index (Phi) is 7.48. The zero-order valence-corrected chi connectivity index (χ0v) is 22.4. The lowest BCUT2D eigenvalue weighted by atomic mass is 9.96. The molecule has 194 valence electrons. The smallest absolute Gasteiger partial charge is 0.250 e. The summed E-state index contributed by atoms with van der Waals surface area (Å²) in [7, 11) is 1.50. The molecule has 4 heterocycles. The summed E-state index contributed by atoms with van der Waals surface area (Å²) in [5, 5.41) is 6.99. The first-order valence-electron chi connectivity index (χ1n) is 12.4. The van der Waals surface area contributed by atoms with Crippen molar-refractivity contribution in [1.29, 1.82) is 0 Å². The molecule has 0 bridgehead atoms. The van der Waals surface area contributed by atoms with Gasteiger partial charge >= 0.3 is 0 Å². The molecule has 2 unspecified atom stereocenters. The number of aryl methyl sites for hydroxylation is 1. The van der Waals surface area contributed by atoms with Gasteiger partial charge in [0.2, 0.25) is 5.91 Å². The van der Waals surface area contributed by atoms with Gasteiger partial charge in [-0.15, -0.1) is 0 Å². The van der Waals surface area contributed by atoms with Crippen molar-refractivity contribution in [2.45, 2.75) is 32.5 Å². The zero-order valence-electron chi connectivity index (χ0n) is 21.6.